The summed E-state index contributed by atoms with van der Waals surface area (Å²) in [5.74, 6) is -0.508. The van der Waals surface area contributed by atoms with Gasteiger partial charge in [-0.1, -0.05) is 61.0 Å². The molecule has 0 heterocycles. The quantitative estimate of drug-likeness (QED) is 0.359. The van der Waals surface area contributed by atoms with Crippen molar-refractivity contribution in [3.63, 3.8) is 0 Å². The van der Waals surface area contributed by atoms with Gasteiger partial charge < -0.3 is 15.0 Å². The molecule has 0 spiro atoms. The van der Waals surface area contributed by atoms with E-state index in [9.17, 15) is 18.0 Å². The fraction of sp³-hybridized carbons (Fsp3) is 0.333. The number of hydrogen-bond acceptors (Lipinski definition) is 5. The predicted molar refractivity (Wildman–Crippen MR) is 153 cm³/mol. The number of methoxy groups -OCH3 is 1. The van der Waals surface area contributed by atoms with Gasteiger partial charge in [-0.2, -0.15) is 0 Å². The molecule has 1 atom stereocenters. The summed E-state index contributed by atoms with van der Waals surface area (Å²) in [7, 11) is -2.72. The molecule has 0 aliphatic rings. The number of anilines is 1. The van der Waals surface area contributed by atoms with Crippen LogP contribution >= 0.6 is 0 Å². The Morgan fingerprint density at radius 1 is 0.949 bits per heavy atom. The normalized spacial score (nSPS) is 11.9. The van der Waals surface area contributed by atoms with Crippen LogP contribution in [0.4, 0.5) is 5.69 Å². The average Bonchev–Trinajstić information content (AvgIpc) is 2.93. The smallest absolute Gasteiger partial charge is 0.264 e. The third kappa shape index (κ3) is 7.38. The number of benzene rings is 3. The van der Waals surface area contributed by atoms with Crippen LogP contribution in [0.1, 0.15) is 37.0 Å². The molecule has 0 aliphatic carbocycles. The van der Waals surface area contributed by atoms with Gasteiger partial charge in [-0.15, -0.1) is 0 Å². The van der Waals surface area contributed by atoms with Gasteiger partial charge in [0, 0.05) is 13.1 Å². The topological polar surface area (TPSA) is 96.0 Å². The van der Waals surface area contributed by atoms with Gasteiger partial charge in [0.2, 0.25) is 11.8 Å². The summed E-state index contributed by atoms with van der Waals surface area (Å²) in [5.41, 5.74) is 2.78. The minimum absolute atomic E-state index is 0.0489. The number of nitrogens with zero attached hydrogens (tertiary/aromatic N) is 2. The first-order valence-electron chi connectivity index (χ1n) is 12.9. The Hall–Kier alpha value is -3.85. The summed E-state index contributed by atoms with van der Waals surface area (Å²) >= 11 is 0. The van der Waals surface area contributed by atoms with Gasteiger partial charge in [-0.05, 0) is 62.6 Å². The number of rotatable bonds is 12. The summed E-state index contributed by atoms with van der Waals surface area (Å²) in [4.78, 5) is 28.4. The molecule has 1 N–H and O–H groups in total. The highest BCUT2D eigenvalue weighted by Gasteiger charge is 2.33. The second-order valence-corrected chi connectivity index (χ2v) is 11.3. The van der Waals surface area contributed by atoms with Crippen LogP contribution < -0.4 is 14.4 Å². The highest BCUT2D eigenvalue weighted by molar-refractivity contribution is 7.92. The van der Waals surface area contributed by atoms with Gasteiger partial charge in [0.1, 0.15) is 18.3 Å². The molecule has 9 heteroatoms. The van der Waals surface area contributed by atoms with E-state index in [1.807, 2.05) is 57.2 Å². The van der Waals surface area contributed by atoms with Crippen LogP contribution in [0.3, 0.4) is 0 Å². The molecule has 208 valence electrons. The number of ether oxygens (including phenoxy) is 1. The molecule has 0 fully saturated rings. The zero-order chi connectivity index (χ0) is 28.6. The van der Waals surface area contributed by atoms with Crippen LogP contribution in [-0.2, 0) is 26.2 Å². The molecule has 3 rings (SSSR count). The maximum atomic E-state index is 14.0. The number of carbonyl (C=O) groups is 2. The van der Waals surface area contributed by atoms with Crippen molar-refractivity contribution in [2.45, 2.75) is 51.6 Å². The third-order valence-electron chi connectivity index (χ3n) is 6.40. The van der Waals surface area contributed by atoms with Gasteiger partial charge in [-0.25, -0.2) is 8.42 Å². The predicted octanol–water partition coefficient (Wildman–Crippen LogP) is 4.45. The molecule has 0 saturated heterocycles. The fourth-order valence-corrected chi connectivity index (χ4v) is 5.52. The van der Waals surface area contributed by atoms with Crippen molar-refractivity contribution in [1.29, 1.82) is 0 Å². The van der Waals surface area contributed by atoms with Crippen LogP contribution in [0.5, 0.6) is 5.75 Å². The van der Waals surface area contributed by atoms with E-state index in [4.69, 9.17) is 4.74 Å². The zero-order valence-electron chi connectivity index (χ0n) is 23.2. The van der Waals surface area contributed by atoms with Gasteiger partial charge in [0.15, 0.2) is 0 Å². The lowest BCUT2D eigenvalue weighted by Crippen LogP contribution is -2.51. The van der Waals surface area contributed by atoms with Crippen LogP contribution in [-0.4, -0.2) is 51.4 Å². The lowest BCUT2D eigenvalue weighted by molar-refractivity contribution is -0.139. The van der Waals surface area contributed by atoms with Crippen LogP contribution in [0, 0.1) is 13.8 Å². The van der Waals surface area contributed by atoms with Crippen LogP contribution in [0.25, 0.3) is 0 Å². The zero-order valence-corrected chi connectivity index (χ0v) is 24.0. The lowest BCUT2D eigenvalue weighted by atomic mass is 10.1. The SMILES string of the molecule is CCCNC(=O)[C@H](C)N(Cc1ccccc1)C(=O)CN(c1cc(C)ccc1OC)S(=O)(=O)c1ccc(C)cc1. The average molecular weight is 552 g/mol. The number of carbonyl (C=O) groups excluding carboxylic acids is 2. The molecule has 2 amide bonds. The molecule has 39 heavy (non-hydrogen) atoms. The maximum absolute atomic E-state index is 14.0. The molecule has 0 saturated carbocycles. The Labute approximate surface area is 231 Å². The highest BCUT2D eigenvalue weighted by Crippen LogP contribution is 2.33. The summed E-state index contributed by atoms with van der Waals surface area (Å²) in [6, 6.07) is 20.1. The van der Waals surface area contributed by atoms with Crippen LogP contribution in [0.15, 0.2) is 77.7 Å². The van der Waals surface area contributed by atoms with Crippen molar-refractivity contribution in [3.8, 4) is 5.75 Å². The number of sulfonamides is 1. The number of aryl methyl sites for hydroxylation is 2. The summed E-state index contributed by atoms with van der Waals surface area (Å²) in [6.07, 6.45) is 0.751. The van der Waals surface area contributed by atoms with E-state index in [2.05, 4.69) is 5.32 Å². The van der Waals surface area contributed by atoms with E-state index in [-0.39, 0.29) is 23.0 Å². The van der Waals surface area contributed by atoms with E-state index >= 15 is 0 Å². The van der Waals surface area contributed by atoms with Gasteiger partial charge in [0.05, 0.1) is 17.7 Å². The fourth-order valence-electron chi connectivity index (χ4n) is 4.10. The Morgan fingerprint density at radius 3 is 2.21 bits per heavy atom. The first-order valence-corrected chi connectivity index (χ1v) is 14.4. The van der Waals surface area contributed by atoms with Crippen molar-refractivity contribution in [1.82, 2.24) is 10.2 Å². The standard InChI is InChI=1S/C30H37N3O5S/c1-6-18-31-30(35)24(4)32(20-25-10-8-7-9-11-25)29(34)21-33(27-19-23(3)14-17-28(27)38-5)39(36,37)26-15-12-22(2)13-16-26/h7-17,19,24H,6,18,20-21H2,1-5H3,(H,31,35)/t24-/m0/s1. The largest absolute Gasteiger partial charge is 0.495 e. The molecular formula is C30H37N3O5S. The first kappa shape index (κ1) is 29.7. The number of hydrogen-bond donors (Lipinski definition) is 1. The van der Waals surface area contributed by atoms with Crippen molar-refractivity contribution < 1.29 is 22.7 Å². The van der Waals surface area contributed by atoms with Crippen molar-refractivity contribution in [2.24, 2.45) is 0 Å². The van der Waals surface area contributed by atoms with E-state index < -0.39 is 28.5 Å². The second kappa shape index (κ2) is 13.3. The molecule has 0 unspecified atom stereocenters. The van der Waals surface area contributed by atoms with E-state index in [0.29, 0.717) is 12.3 Å². The van der Waals surface area contributed by atoms with Gasteiger partial charge >= 0.3 is 0 Å². The van der Waals surface area contributed by atoms with E-state index in [1.165, 1.54) is 24.1 Å². The first-order chi connectivity index (χ1) is 18.6. The monoisotopic (exact) mass is 551 g/mol. The highest BCUT2D eigenvalue weighted by atomic mass is 32.2. The Kier molecular flexibility index (Phi) is 10.1. The molecule has 0 radical (unpaired) electrons. The molecule has 0 aromatic heterocycles. The molecule has 0 bridgehead atoms. The molecule has 3 aromatic rings. The summed E-state index contributed by atoms with van der Waals surface area (Å²) < 4.78 is 34.6. The molecule has 3 aromatic carbocycles. The summed E-state index contributed by atoms with van der Waals surface area (Å²) in [6.45, 7) is 7.40. The molecule has 8 nitrogen and oxygen atoms in total. The Balaban J connectivity index is 2.08. The minimum Gasteiger partial charge on any atom is -0.495 e. The van der Waals surface area contributed by atoms with Crippen molar-refractivity contribution in [3.05, 3.63) is 89.5 Å². The Bertz CT molecular complexity index is 1380. The van der Waals surface area contributed by atoms with Gasteiger partial charge in [0.25, 0.3) is 10.0 Å². The molecule has 0 aliphatic heterocycles. The number of nitrogens with one attached hydrogen (secondary N) is 1. The van der Waals surface area contributed by atoms with Crippen LogP contribution in [0.2, 0.25) is 0 Å². The summed E-state index contributed by atoms with van der Waals surface area (Å²) in [5, 5.41) is 2.84. The maximum Gasteiger partial charge on any atom is 0.264 e. The third-order valence-corrected chi connectivity index (χ3v) is 8.18. The van der Waals surface area contributed by atoms with E-state index in [1.54, 1.807) is 31.2 Å². The molecular weight excluding hydrogens is 514 g/mol. The second-order valence-electron chi connectivity index (χ2n) is 9.47. The van der Waals surface area contributed by atoms with E-state index in [0.717, 1.165) is 27.4 Å². The lowest BCUT2D eigenvalue weighted by Gasteiger charge is -2.32. The van der Waals surface area contributed by atoms with Crippen molar-refractivity contribution >= 4 is 27.5 Å². The van der Waals surface area contributed by atoms with Gasteiger partial charge in [-0.3, -0.25) is 13.9 Å². The Morgan fingerprint density at radius 2 is 1.59 bits per heavy atom. The minimum atomic E-state index is -4.18. The van der Waals surface area contributed by atoms with Crippen molar-refractivity contribution in [2.75, 3.05) is 24.5 Å². The number of amides is 2.